The van der Waals surface area contributed by atoms with E-state index >= 15 is 0 Å². The van der Waals surface area contributed by atoms with Crippen molar-refractivity contribution in [3.63, 3.8) is 0 Å². The molecule has 5 nitrogen and oxygen atoms in total. The Labute approximate surface area is 309 Å². The average molecular weight is 689 g/mol. The Balaban J connectivity index is 1.42. The molecule has 2 aliphatic heterocycles. The first kappa shape index (κ1) is 34.9. The van der Waals surface area contributed by atoms with Crippen molar-refractivity contribution < 1.29 is 14.0 Å². The fourth-order valence-electron chi connectivity index (χ4n) is 8.20. The smallest absolute Gasteiger partial charge is 0.209 e. The van der Waals surface area contributed by atoms with Crippen LogP contribution in [0.1, 0.15) is 52.7 Å². The van der Waals surface area contributed by atoms with Gasteiger partial charge in [0.15, 0.2) is 5.71 Å². The van der Waals surface area contributed by atoms with Crippen LogP contribution in [0.5, 0.6) is 11.5 Å². The van der Waals surface area contributed by atoms with E-state index in [1.165, 1.54) is 33.9 Å². The van der Waals surface area contributed by atoms with Crippen LogP contribution in [-0.2, 0) is 10.8 Å². The molecule has 0 bridgehead atoms. The van der Waals surface area contributed by atoms with E-state index in [2.05, 4.69) is 165 Å². The number of para-hydroxylation sites is 2. The topological polar surface area (TPSA) is 27.9 Å². The molecule has 0 saturated carbocycles. The molecule has 2 heterocycles. The third-order valence-electron chi connectivity index (χ3n) is 10.9. The molecular weight excluding hydrogens is 639 g/mol. The van der Waals surface area contributed by atoms with Gasteiger partial charge < -0.3 is 19.3 Å². The number of ether oxygens (including phenoxy) is 2. The van der Waals surface area contributed by atoms with Crippen LogP contribution < -0.4 is 19.3 Å². The molecule has 3 aliphatic rings. The summed E-state index contributed by atoms with van der Waals surface area (Å²) in [5, 5.41) is 0. The number of likely N-dealkylation sites (N-methyl/N-ethyl adjacent to an activating group) is 1. The van der Waals surface area contributed by atoms with E-state index in [9.17, 15) is 0 Å². The summed E-state index contributed by atoms with van der Waals surface area (Å²) in [5.41, 5.74) is 13.1. The molecule has 0 spiro atoms. The van der Waals surface area contributed by atoms with Crippen LogP contribution in [0.4, 0.5) is 22.7 Å². The number of rotatable bonds is 10. The molecule has 0 unspecified atom stereocenters. The second-order valence-corrected chi connectivity index (χ2v) is 14.5. The minimum absolute atomic E-state index is 0.131. The largest absolute Gasteiger partial charge is 0.497 e. The lowest BCUT2D eigenvalue weighted by Gasteiger charge is -2.29. The highest BCUT2D eigenvalue weighted by Gasteiger charge is 2.43. The van der Waals surface area contributed by atoms with Gasteiger partial charge in [0.2, 0.25) is 5.69 Å². The second-order valence-electron chi connectivity index (χ2n) is 14.5. The maximum Gasteiger partial charge on any atom is 0.209 e. The molecule has 52 heavy (non-hydrogen) atoms. The van der Waals surface area contributed by atoms with Crippen molar-refractivity contribution in [2.75, 3.05) is 37.1 Å². The first-order valence-electron chi connectivity index (χ1n) is 18.4. The molecule has 0 aromatic heterocycles. The number of hydrogen-bond donors (Lipinski definition) is 0. The highest BCUT2D eigenvalue weighted by atomic mass is 16.5. The van der Waals surface area contributed by atoms with E-state index in [0.717, 1.165) is 52.8 Å². The van der Waals surface area contributed by atoms with Crippen LogP contribution in [0.3, 0.4) is 0 Å². The van der Waals surface area contributed by atoms with Gasteiger partial charge in [-0.25, -0.2) is 0 Å². The first-order chi connectivity index (χ1) is 25.1. The molecule has 0 amide bonds. The number of anilines is 3. The van der Waals surface area contributed by atoms with E-state index in [1.807, 2.05) is 24.3 Å². The molecular formula is C47H50N3O2+. The summed E-state index contributed by atoms with van der Waals surface area (Å²) < 4.78 is 13.6. The minimum atomic E-state index is -0.131. The van der Waals surface area contributed by atoms with Crippen molar-refractivity contribution >= 4 is 28.5 Å². The molecule has 1 aliphatic carbocycles. The lowest BCUT2D eigenvalue weighted by Crippen LogP contribution is -2.27. The Morgan fingerprint density at radius 3 is 1.87 bits per heavy atom. The average Bonchev–Trinajstić information content (AvgIpc) is 3.74. The fraction of sp³-hybridized carbons (Fsp3) is 0.255. The summed E-state index contributed by atoms with van der Waals surface area (Å²) in [6, 6.07) is 34.2. The van der Waals surface area contributed by atoms with Crippen molar-refractivity contribution in [3.05, 3.63) is 167 Å². The van der Waals surface area contributed by atoms with E-state index in [-0.39, 0.29) is 10.8 Å². The molecule has 7 rings (SSSR count). The van der Waals surface area contributed by atoms with Crippen molar-refractivity contribution in [2.24, 2.45) is 0 Å². The Morgan fingerprint density at radius 1 is 0.673 bits per heavy atom. The molecule has 0 fully saturated rings. The summed E-state index contributed by atoms with van der Waals surface area (Å²) in [7, 11) is 3.42. The predicted octanol–water partition coefficient (Wildman–Crippen LogP) is 10.9. The van der Waals surface area contributed by atoms with Gasteiger partial charge in [0.1, 0.15) is 18.0 Å². The fourth-order valence-corrected chi connectivity index (χ4v) is 8.20. The number of benzene rings is 4. The summed E-state index contributed by atoms with van der Waals surface area (Å²) in [5.74, 6) is 1.64. The molecule has 0 saturated heterocycles. The van der Waals surface area contributed by atoms with Crippen molar-refractivity contribution in [3.8, 4) is 11.5 Å². The van der Waals surface area contributed by atoms with Crippen molar-refractivity contribution in [1.29, 1.82) is 0 Å². The second kappa shape index (κ2) is 13.9. The standard InChI is InChI=1S/C47H50N3O2/c1-9-48-41-17-13-11-15-39(41)46(3,4)43(48)31-21-33-19-20-34(22-32-44-47(5,6)40-16-12-14-18-42(40)49(44)10-2)45(33)50(35-23-27-37(51-7)28-24-35)36-25-29-38(52-8)30-26-36/h11-32H,9-10H2,1-8H3/q+1. The van der Waals surface area contributed by atoms with E-state index in [4.69, 9.17) is 9.47 Å². The van der Waals surface area contributed by atoms with Gasteiger partial charge >= 0.3 is 0 Å². The van der Waals surface area contributed by atoms with Crippen LogP contribution in [0.2, 0.25) is 0 Å². The van der Waals surface area contributed by atoms with E-state index in [0.29, 0.717) is 0 Å². The quantitative estimate of drug-likeness (QED) is 0.155. The lowest BCUT2D eigenvalue weighted by molar-refractivity contribution is -0.433. The van der Waals surface area contributed by atoms with Crippen LogP contribution in [0.25, 0.3) is 0 Å². The summed E-state index contributed by atoms with van der Waals surface area (Å²) in [6.45, 7) is 15.6. The molecule has 0 radical (unpaired) electrons. The maximum absolute atomic E-state index is 5.58. The zero-order chi connectivity index (χ0) is 36.6. The van der Waals surface area contributed by atoms with Gasteiger partial charge in [-0.2, -0.15) is 4.58 Å². The van der Waals surface area contributed by atoms with Crippen LogP contribution in [0.15, 0.2) is 156 Å². The Morgan fingerprint density at radius 2 is 1.27 bits per heavy atom. The summed E-state index contributed by atoms with van der Waals surface area (Å²) in [4.78, 5) is 4.81. The van der Waals surface area contributed by atoms with E-state index < -0.39 is 0 Å². The molecule has 264 valence electrons. The van der Waals surface area contributed by atoms with Gasteiger partial charge in [0.25, 0.3) is 0 Å². The number of fused-ring (bicyclic) bond motifs is 2. The van der Waals surface area contributed by atoms with E-state index in [1.54, 1.807) is 14.2 Å². The third-order valence-corrected chi connectivity index (χ3v) is 10.9. The third kappa shape index (κ3) is 5.88. The molecule has 5 heteroatoms. The molecule has 0 atom stereocenters. The molecule has 4 aromatic rings. The lowest BCUT2D eigenvalue weighted by atomic mass is 9.81. The highest BCUT2D eigenvalue weighted by molar-refractivity contribution is 6.03. The first-order valence-corrected chi connectivity index (χ1v) is 18.4. The maximum atomic E-state index is 5.58. The van der Waals surface area contributed by atoms with Crippen molar-refractivity contribution in [2.45, 2.75) is 52.4 Å². The normalized spacial score (nSPS) is 18.6. The number of methoxy groups -OCH3 is 2. The van der Waals surface area contributed by atoms with Crippen LogP contribution in [-0.4, -0.2) is 37.6 Å². The number of hydrogen-bond acceptors (Lipinski definition) is 4. The zero-order valence-corrected chi connectivity index (χ0v) is 31.8. The SMILES string of the molecule is CCN1C(=CC=C2C=CC(C=CC3=[N+](CC)c4ccccc4C3(C)C)=C2N(c2ccc(OC)cc2)c2ccc(OC)cc2)C(C)(C)c2ccccc21. The van der Waals surface area contributed by atoms with Gasteiger partial charge in [-0.1, -0.05) is 68.5 Å². The van der Waals surface area contributed by atoms with Crippen LogP contribution in [0, 0.1) is 0 Å². The molecule has 0 N–H and O–H groups in total. The Bertz CT molecular complexity index is 2130. The van der Waals surface area contributed by atoms with Gasteiger partial charge in [-0.05, 0) is 111 Å². The van der Waals surface area contributed by atoms with Gasteiger partial charge in [0, 0.05) is 52.4 Å². The highest BCUT2D eigenvalue weighted by Crippen LogP contribution is 2.48. The summed E-state index contributed by atoms with van der Waals surface area (Å²) in [6.07, 6.45) is 13.8. The molecule has 4 aromatic carbocycles. The number of allylic oxidation sites excluding steroid dienone is 8. The summed E-state index contributed by atoms with van der Waals surface area (Å²) >= 11 is 0. The minimum Gasteiger partial charge on any atom is -0.497 e. The van der Waals surface area contributed by atoms with Gasteiger partial charge in [-0.3, -0.25) is 0 Å². The number of nitrogens with zero attached hydrogens (tertiary/aromatic N) is 3. The Kier molecular flexibility index (Phi) is 9.31. The van der Waals surface area contributed by atoms with Crippen LogP contribution >= 0.6 is 0 Å². The van der Waals surface area contributed by atoms with Gasteiger partial charge in [0.05, 0.1) is 25.3 Å². The Hall–Kier alpha value is -5.55. The predicted molar refractivity (Wildman–Crippen MR) is 217 cm³/mol. The van der Waals surface area contributed by atoms with Crippen molar-refractivity contribution in [1.82, 2.24) is 0 Å². The monoisotopic (exact) mass is 688 g/mol. The zero-order valence-electron chi connectivity index (χ0n) is 31.8. The van der Waals surface area contributed by atoms with Gasteiger partial charge in [-0.15, -0.1) is 0 Å².